The largest absolute Gasteiger partial charge is 0.238 e. The molecule has 1 aromatic heterocycles. The summed E-state index contributed by atoms with van der Waals surface area (Å²) in [4.78, 5) is 17.7. The molecule has 4 aromatic carbocycles. The first kappa shape index (κ1) is 20.7. The summed E-state index contributed by atoms with van der Waals surface area (Å²) in [7, 11) is 0. The van der Waals surface area contributed by atoms with E-state index < -0.39 is 0 Å². The van der Waals surface area contributed by atoms with Crippen molar-refractivity contribution in [3.8, 4) is 45.3 Å². The van der Waals surface area contributed by atoms with Crippen LogP contribution in [0.15, 0.2) is 108 Å². The van der Waals surface area contributed by atoms with Gasteiger partial charge in [-0.05, 0) is 23.3 Å². The fourth-order valence-corrected chi connectivity index (χ4v) is 3.75. The monoisotopic (exact) mass is 488 g/mol. The van der Waals surface area contributed by atoms with E-state index in [0.717, 1.165) is 32.3 Å². The zero-order chi connectivity index (χ0) is 22.6. The quantitative estimate of drug-likeness (QED) is 0.242. The Morgan fingerprint density at radius 1 is 0.485 bits per heavy atom. The van der Waals surface area contributed by atoms with Crippen LogP contribution in [-0.2, 0) is 0 Å². The lowest BCUT2D eigenvalue weighted by molar-refractivity contribution is 1.07. The molecule has 0 aliphatic carbocycles. The van der Waals surface area contributed by atoms with E-state index >= 15 is 0 Å². The highest BCUT2D eigenvalue weighted by molar-refractivity contribution is 9.10. The summed E-state index contributed by atoms with van der Waals surface area (Å²) >= 11 is 3.48. The molecule has 0 amide bonds. The maximum Gasteiger partial charge on any atom is 0.187 e. The number of hydrogen-bond acceptors (Lipinski definition) is 3. The molecule has 5 heteroatoms. The Labute approximate surface area is 200 Å². The first-order valence-corrected chi connectivity index (χ1v) is 11.1. The van der Waals surface area contributed by atoms with Crippen LogP contribution in [-0.4, -0.2) is 15.0 Å². The number of halogens is 1. The number of hydrogen-bond donors (Lipinski definition) is 0. The number of benzene rings is 4. The minimum Gasteiger partial charge on any atom is -0.238 e. The molecule has 0 unspecified atom stereocenters. The predicted octanol–water partition coefficient (Wildman–Crippen LogP) is 7.85. The van der Waals surface area contributed by atoms with Crippen molar-refractivity contribution in [2.45, 2.75) is 0 Å². The Hall–Kier alpha value is -4.14. The highest BCUT2D eigenvalue weighted by Gasteiger charge is 2.12. The third-order valence-corrected chi connectivity index (χ3v) is 5.77. The zero-order valence-electron chi connectivity index (χ0n) is 17.5. The smallest absolute Gasteiger partial charge is 0.187 e. The summed E-state index contributed by atoms with van der Waals surface area (Å²) in [5.41, 5.74) is 5.53. The predicted molar refractivity (Wildman–Crippen MR) is 136 cm³/mol. The van der Waals surface area contributed by atoms with E-state index in [2.05, 4.69) is 45.0 Å². The topological polar surface area (TPSA) is 43.0 Å². The molecule has 0 atom stereocenters. The lowest BCUT2D eigenvalue weighted by Crippen LogP contribution is -2.00. The average molecular weight is 489 g/mol. The SMILES string of the molecule is [C-]#[N+]c1ccc(-c2nc(-c3ccccc3)nc(-c3ccc(-c4ccc(Br)cc4)cc3)n2)cc1. The van der Waals surface area contributed by atoms with Gasteiger partial charge in [0.15, 0.2) is 23.2 Å². The maximum atomic E-state index is 7.18. The molecule has 0 N–H and O–H groups in total. The van der Waals surface area contributed by atoms with E-state index in [9.17, 15) is 0 Å². The third kappa shape index (κ3) is 4.57. The van der Waals surface area contributed by atoms with Crippen LogP contribution in [0, 0.1) is 6.57 Å². The molecule has 0 aliphatic rings. The van der Waals surface area contributed by atoms with Crippen LogP contribution in [0.3, 0.4) is 0 Å². The first-order valence-electron chi connectivity index (χ1n) is 10.4. The highest BCUT2D eigenvalue weighted by Crippen LogP contribution is 2.28. The summed E-state index contributed by atoms with van der Waals surface area (Å²) in [5.74, 6) is 1.80. The van der Waals surface area contributed by atoms with Gasteiger partial charge in [0, 0.05) is 21.2 Å². The second kappa shape index (κ2) is 9.15. The Morgan fingerprint density at radius 2 is 0.879 bits per heavy atom. The van der Waals surface area contributed by atoms with Crippen molar-refractivity contribution in [2.75, 3.05) is 0 Å². The third-order valence-electron chi connectivity index (χ3n) is 5.24. The van der Waals surface area contributed by atoms with Crippen molar-refractivity contribution < 1.29 is 0 Å². The van der Waals surface area contributed by atoms with E-state index in [1.165, 1.54) is 0 Å². The van der Waals surface area contributed by atoms with Crippen molar-refractivity contribution in [3.05, 3.63) is 119 Å². The minimum atomic E-state index is 0.576. The summed E-state index contributed by atoms with van der Waals surface area (Å²) < 4.78 is 1.05. The Morgan fingerprint density at radius 3 is 1.36 bits per heavy atom. The molecule has 5 rings (SSSR count). The van der Waals surface area contributed by atoms with Crippen LogP contribution in [0.1, 0.15) is 0 Å². The molecular formula is C28H17BrN4. The van der Waals surface area contributed by atoms with Gasteiger partial charge in [-0.1, -0.05) is 107 Å². The molecule has 0 aliphatic heterocycles. The molecule has 0 fully saturated rings. The van der Waals surface area contributed by atoms with Crippen molar-refractivity contribution in [2.24, 2.45) is 0 Å². The van der Waals surface area contributed by atoms with E-state index in [0.29, 0.717) is 23.2 Å². The zero-order valence-corrected chi connectivity index (χ0v) is 19.1. The lowest BCUT2D eigenvalue weighted by atomic mass is 10.0. The van der Waals surface area contributed by atoms with Crippen molar-refractivity contribution in [1.82, 2.24) is 15.0 Å². The van der Waals surface area contributed by atoms with Gasteiger partial charge in [-0.3, -0.25) is 0 Å². The van der Waals surface area contributed by atoms with Gasteiger partial charge in [-0.15, -0.1) is 0 Å². The van der Waals surface area contributed by atoms with Gasteiger partial charge in [0.05, 0.1) is 6.57 Å². The summed E-state index contributed by atoms with van der Waals surface area (Å²) in [6.07, 6.45) is 0. The standard InChI is InChI=1S/C28H17BrN4/c1-30-25-17-13-23(14-18-25)28-32-26(21-5-3-2-4-6-21)31-27(33-28)22-9-7-19(8-10-22)20-11-15-24(29)16-12-20/h2-18H. The highest BCUT2D eigenvalue weighted by atomic mass is 79.9. The molecule has 5 aromatic rings. The van der Waals surface area contributed by atoms with Crippen molar-refractivity contribution in [1.29, 1.82) is 0 Å². The van der Waals surface area contributed by atoms with Gasteiger partial charge in [0.1, 0.15) is 0 Å². The summed E-state index contributed by atoms with van der Waals surface area (Å²) in [6, 6.07) is 33.6. The molecule has 0 spiro atoms. The molecule has 0 bridgehead atoms. The molecule has 4 nitrogen and oxygen atoms in total. The van der Waals surface area contributed by atoms with Gasteiger partial charge in [-0.25, -0.2) is 19.8 Å². The van der Waals surface area contributed by atoms with Crippen LogP contribution in [0.4, 0.5) is 5.69 Å². The van der Waals surface area contributed by atoms with Crippen LogP contribution >= 0.6 is 15.9 Å². The van der Waals surface area contributed by atoms with Crippen molar-refractivity contribution in [3.63, 3.8) is 0 Å². The van der Waals surface area contributed by atoms with Gasteiger partial charge in [-0.2, -0.15) is 0 Å². The molecular weight excluding hydrogens is 472 g/mol. The molecule has 156 valence electrons. The average Bonchev–Trinajstić information content (AvgIpc) is 2.89. The van der Waals surface area contributed by atoms with Gasteiger partial charge >= 0.3 is 0 Å². The Bertz CT molecular complexity index is 1440. The van der Waals surface area contributed by atoms with Gasteiger partial charge < -0.3 is 0 Å². The number of aromatic nitrogens is 3. The van der Waals surface area contributed by atoms with E-state index in [1.807, 2.05) is 66.7 Å². The first-order chi connectivity index (χ1) is 16.2. The van der Waals surface area contributed by atoms with Crippen LogP contribution < -0.4 is 0 Å². The molecule has 0 radical (unpaired) electrons. The van der Waals surface area contributed by atoms with Crippen LogP contribution in [0.5, 0.6) is 0 Å². The second-order valence-corrected chi connectivity index (χ2v) is 8.33. The van der Waals surface area contributed by atoms with Gasteiger partial charge in [0.25, 0.3) is 0 Å². The lowest BCUT2D eigenvalue weighted by Gasteiger charge is -2.09. The Kier molecular flexibility index (Phi) is 5.75. The fraction of sp³-hybridized carbons (Fsp3) is 0. The maximum absolute atomic E-state index is 7.18. The Balaban J connectivity index is 1.58. The summed E-state index contributed by atoms with van der Waals surface area (Å²) in [6.45, 7) is 7.18. The fourth-order valence-electron chi connectivity index (χ4n) is 3.49. The molecule has 33 heavy (non-hydrogen) atoms. The number of nitrogens with zero attached hydrogens (tertiary/aromatic N) is 4. The van der Waals surface area contributed by atoms with Crippen LogP contribution in [0.25, 0.3) is 50.1 Å². The van der Waals surface area contributed by atoms with E-state index in [4.69, 9.17) is 21.5 Å². The van der Waals surface area contributed by atoms with Crippen LogP contribution in [0.2, 0.25) is 0 Å². The molecule has 0 saturated carbocycles. The second-order valence-electron chi connectivity index (χ2n) is 7.42. The normalized spacial score (nSPS) is 10.5. The van der Waals surface area contributed by atoms with Gasteiger partial charge in [0.2, 0.25) is 0 Å². The summed E-state index contributed by atoms with van der Waals surface area (Å²) in [5, 5.41) is 0. The number of rotatable bonds is 4. The molecule has 0 saturated heterocycles. The van der Waals surface area contributed by atoms with Crippen molar-refractivity contribution >= 4 is 21.6 Å². The molecule has 1 heterocycles. The van der Waals surface area contributed by atoms with E-state index in [1.54, 1.807) is 12.1 Å². The minimum absolute atomic E-state index is 0.576. The van der Waals surface area contributed by atoms with E-state index in [-0.39, 0.29) is 0 Å².